The molecule has 0 radical (unpaired) electrons. The van der Waals surface area contributed by atoms with Crippen molar-refractivity contribution in [1.29, 1.82) is 0 Å². The van der Waals surface area contributed by atoms with Gasteiger partial charge in [0.15, 0.2) is 0 Å². The minimum atomic E-state index is 0. The summed E-state index contributed by atoms with van der Waals surface area (Å²) in [5, 5.41) is 4.88. The fourth-order valence-corrected chi connectivity index (χ4v) is 2.40. The average Bonchev–Trinajstić information content (AvgIpc) is 2.60. The Morgan fingerprint density at radius 1 is 0.667 bits per heavy atom. The zero-order chi connectivity index (χ0) is 7.52. The predicted octanol–water partition coefficient (Wildman–Crippen LogP) is 0.249. The van der Waals surface area contributed by atoms with E-state index in [1.165, 1.54) is 51.4 Å². The van der Waals surface area contributed by atoms with Gasteiger partial charge >= 0.3 is 29.6 Å². The van der Waals surface area contributed by atoms with Crippen LogP contribution < -0.4 is 29.6 Å². The van der Waals surface area contributed by atoms with Gasteiger partial charge in [-0.3, -0.25) is 0 Å². The van der Waals surface area contributed by atoms with Crippen molar-refractivity contribution in [2.75, 3.05) is 0 Å². The molecule has 2 aliphatic carbocycles. The average molecular weight is 175 g/mol. The van der Waals surface area contributed by atoms with Crippen molar-refractivity contribution in [3.63, 3.8) is 0 Å². The molecule has 0 heterocycles. The molecular weight excluding hydrogens is 157 g/mol. The van der Waals surface area contributed by atoms with E-state index in [9.17, 15) is 0 Å². The summed E-state index contributed by atoms with van der Waals surface area (Å²) < 4.78 is 0. The van der Waals surface area contributed by atoms with E-state index in [2.05, 4.69) is 0 Å². The van der Waals surface area contributed by atoms with Crippen molar-refractivity contribution >= 4 is 0 Å². The van der Waals surface area contributed by atoms with Crippen LogP contribution in [-0.4, -0.2) is 12.1 Å². The molecule has 12 heavy (non-hydrogen) atoms. The Labute approximate surface area is 98.0 Å². The van der Waals surface area contributed by atoms with Gasteiger partial charge in [-0.15, -0.1) is 12.1 Å². The fourth-order valence-electron chi connectivity index (χ4n) is 2.40. The largest absolute Gasteiger partial charge is 1.00 e. The number of rotatable bonds is 2. The zero-order valence-corrected chi connectivity index (χ0v) is 10.3. The first kappa shape index (κ1) is 11.0. The second kappa shape index (κ2) is 5.64. The van der Waals surface area contributed by atoms with Gasteiger partial charge in [-0.05, 0) is 0 Å². The molecule has 0 atom stereocenters. The van der Waals surface area contributed by atoms with Crippen LogP contribution in [0.3, 0.4) is 0 Å². The van der Waals surface area contributed by atoms with Crippen molar-refractivity contribution < 1.29 is 29.6 Å². The van der Waals surface area contributed by atoms with Crippen molar-refractivity contribution in [3.8, 4) is 0 Å². The number of hydrogen-bond donors (Lipinski definition) is 0. The third-order valence-corrected chi connectivity index (χ3v) is 3.07. The van der Waals surface area contributed by atoms with Crippen LogP contribution in [0.5, 0.6) is 0 Å². The van der Waals surface area contributed by atoms with Crippen LogP contribution in [-0.2, 0) is 0 Å². The Bertz CT molecular complexity index is 101. The molecule has 2 aliphatic rings. The van der Waals surface area contributed by atoms with Crippen LogP contribution in [0.25, 0.3) is 5.32 Å². The molecule has 2 fully saturated rings. The third kappa shape index (κ3) is 3.02. The van der Waals surface area contributed by atoms with E-state index in [1.807, 2.05) is 0 Å². The molecule has 64 valence electrons. The van der Waals surface area contributed by atoms with E-state index in [4.69, 9.17) is 5.32 Å². The van der Waals surface area contributed by atoms with E-state index in [0.29, 0.717) is 0 Å². The van der Waals surface area contributed by atoms with E-state index in [0.717, 1.165) is 12.1 Å². The molecule has 2 saturated carbocycles. The third-order valence-electron chi connectivity index (χ3n) is 3.07. The Morgan fingerprint density at radius 2 is 1.00 bits per heavy atom. The monoisotopic (exact) mass is 175 g/mol. The quantitative estimate of drug-likeness (QED) is 0.534. The van der Waals surface area contributed by atoms with E-state index >= 15 is 0 Å². The first-order valence-electron chi connectivity index (χ1n) is 5.15. The molecule has 2 heteroatoms. The molecule has 0 aromatic heterocycles. The maximum Gasteiger partial charge on any atom is 1.00 e. The Hall–Kier alpha value is 0.960. The summed E-state index contributed by atoms with van der Waals surface area (Å²) >= 11 is 0. The summed E-state index contributed by atoms with van der Waals surface area (Å²) in [4.78, 5) is 0. The smallest absolute Gasteiger partial charge is 0.657 e. The minimum Gasteiger partial charge on any atom is -0.657 e. The fraction of sp³-hybridized carbons (Fsp3) is 1.00. The van der Waals surface area contributed by atoms with Crippen molar-refractivity contribution in [2.45, 2.75) is 63.5 Å². The van der Waals surface area contributed by atoms with Gasteiger partial charge in [0.1, 0.15) is 0 Å². The maximum atomic E-state index is 4.88. The van der Waals surface area contributed by atoms with Crippen LogP contribution in [0.2, 0.25) is 0 Å². The predicted molar refractivity (Wildman–Crippen MR) is 47.9 cm³/mol. The van der Waals surface area contributed by atoms with Gasteiger partial charge < -0.3 is 5.32 Å². The van der Waals surface area contributed by atoms with Gasteiger partial charge in [0.2, 0.25) is 0 Å². The second-order valence-corrected chi connectivity index (χ2v) is 4.03. The first-order chi connectivity index (χ1) is 5.45. The normalized spacial score (nSPS) is 26.0. The molecule has 2 rings (SSSR count). The summed E-state index contributed by atoms with van der Waals surface area (Å²) in [5.41, 5.74) is 0. The first-order valence-corrected chi connectivity index (χ1v) is 5.15. The number of nitrogens with zero attached hydrogens (tertiary/aromatic N) is 1. The van der Waals surface area contributed by atoms with Crippen molar-refractivity contribution in [3.05, 3.63) is 5.32 Å². The van der Waals surface area contributed by atoms with Crippen molar-refractivity contribution in [2.24, 2.45) is 0 Å². The summed E-state index contributed by atoms with van der Waals surface area (Å²) in [5.74, 6) is 0. The van der Waals surface area contributed by atoms with Gasteiger partial charge in [0.05, 0.1) is 0 Å². The molecule has 0 aromatic rings. The minimum absolute atomic E-state index is 0. The summed E-state index contributed by atoms with van der Waals surface area (Å²) in [6.45, 7) is 0. The maximum absolute atomic E-state index is 4.88. The molecule has 0 aromatic carbocycles. The van der Waals surface area contributed by atoms with E-state index in [1.54, 1.807) is 0 Å². The van der Waals surface area contributed by atoms with Crippen molar-refractivity contribution in [1.82, 2.24) is 0 Å². The van der Waals surface area contributed by atoms with Gasteiger partial charge in [-0.2, -0.15) is 0 Å². The van der Waals surface area contributed by atoms with Gasteiger partial charge in [0.25, 0.3) is 0 Å². The Kier molecular flexibility index (Phi) is 5.19. The molecule has 0 amide bonds. The van der Waals surface area contributed by atoms with Gasteiger partial charge in [-0.25, -0.2) is 0 Å². The van der Waals surface area contributed by atoms with Crippen LogP contribution in [0.15, 0.2) is 0 Å². The van der Waals surface area contributed by atoms with Crippen LogP contribution in [0, 0.1) is 0 Å². The number of hydrogen-bond acceptors (Lipinski definition) is 0. The van der Waals surface area contributed by atoms with Crippen LogP contribution in [0.1, 0.15) is 51.4 Å². The SMILES string of the molecule is C1CCC([N-]C2CCCC2)C1.[Na+]. The summed E-state index contributed by atoms with van der Waals surface area (Å²) in [7, 11) is 0. The molecular formula is C10H18NNa. The standard InChI is InChI=1S/C10H18N.Na/c1-2-6-9(5-1)11-10-7-3-4-8-10;/h9-10H,1-8H2;/q-1;+1. The Morgan fingerprint density at radius 3 is 1.33 bits per heavy atom. The molecule has 0 N–H and O–H groups in total. The Balaban J connectivity index is 0.000000720. The summed E-state index contributed by atoms with van der Waals surface area (Å²) in [6.07, 6.45) is 11.3. The molecule has 0 unspecified atom stereocenters. The second-order valence-electron chi connectivity index (χ2n) is 4.03. The van der Waals surface area contributed by atoms with Gasteiger partial charge in [0, 0.05) is 0 Å². The van der Waals surface area contributed by atoms with Gasteiger partial charge in [-0.1, -0.05) is 51.4 Å². The van der Waals surface area contributed by atoms with E-state index in [-0.39, 0.29) is 29.6 Å². The zero-order valence-electron chi connectivity index (χ0n) is 8.26. The van der Waals surface area contributed by atoms with Crippen LogP contribution >= 0.6 is 0 Å². The molecule has 0 aliphatic heterocycles. The topological polar surface area (TPSA) is 14.1 Å². The van der Waals surface area contributed by atoms with E-state index < -0.39 is 0 Å². The molecule has 1 nitrogen and oxygen atoms in total. The van der Waals surface area contributed by atoms with Crippen LogP contribution in [0.4, 0.5) is 0 Å². The molecule has 0 bridgehead atoms. The summed E-state index contributed by atoms with van der Waals surface area (Å²) in [6, 6.07) is 1.52. The molecule has 0 saturated heterocycles. The molecule has 0 spiro atoms.